The number of anilines is 4. The molecule has 4 rings (SSSR count). The second-order valence-electron chi connectivity index (χ2n) is 5.78. The Kier molecular flexibility index (Phi) is 4.59. The number of nitrogen functional groups attached to an aromatic ring is 1. The van der Waals surface area contributed by atoms with Crippen molar-refractivity contribution in [3.8, 4) is 5.82 Å². The number of aromatic nitrogens is 4. The molecule has 0 atom stereocenters. The Balaban J connectivity index is 1.54. The first-order valence-corrected chi connectivity index (χ1v) is 8.62. The first-order chi connectivity index (χ1) is 12.7. The molecule has 1 aromatic carbocycles. The number of ether oxygens (including phenoxy) is 1. The van der Waals surface area contributed by atoms with Gasteiger partial charge in [0.05, 0.1) is 23.9 Å². The lowest BCUT2D eigenvalue weighted by atomic mass is 10.2. The summed E-state index contributed by atoms with van der Waals surface area (Å²) in [7, 11) is 0. The molecule has 3 aromatic rings. The zero-order chi connectivity index (χ0) is 17.9. The number of hydrogen-bond acceptors (Lipinski definition) is 7. The van der Waals surface area contributed by atoms with Crippen LogP contribution in [-0.4, -0.2) is 46.1 Å². The van der Waals surface area contributed by atoms with Crippen LogP contribution in [0.25, 0.3) is 5.82 Å². The summed E-state index contributed by atoms with van der Waals surface area (Å²) in [6.07, 6.45) is 1.67. The second kappa shape index (κ2) is 7.19. The predicted molar refractivity (Wildman–Crippen MR) is 101 cm³/mol. The van der Waals surface area contributed by atoms with Gasteiger partial charge >= 0.3 is 0 Å². The summed E-state index contributed by atoms with van der Waals surface area (Å²) in [5, 5.41) is 8.04. The van der Waals surface area contributed by atoms with Crippen molar-refractivity contribution in [2.75, 3.05) is 42.3 Å². The zero-order valence-electron chi connectivity index (χ0n) is 14.0. The number of hydrogen-bond donors (Lipinski definition) is 2. The average Bonchev–Trinajstić information content (AvgIpc) is 3.05. The molecule has 8 nitrogen and oxygen atoms in total. The highest BCUT2D eigenvalue weighted by Crippen LogP contribution is 2.30. The van der Waals surface area contributed by atoms with Crippen LogP contribution < -0.4 is 16.0 Å². The third kappa shape index (κ3) is 3.42. The molecule has 0 aliphatic carbocycles. The maximum Gasteiger partial charge on any atom is 0.248 e. The van der Waals surface area contributed by atoms with E-state index in [1.54, 1.807) is 12.3 Å². The number of nitrogens with two attached hydrogens (primary N) is 1. The van der Waals surface area contributed by atoms with Crippen molar-refractivity contribution >= 4 is 34.9 Å². The average molecular weight is 372 g/mol. The van der Waals surface area contributed by atoms with Gasteiger partial charge in [-0.25, -0.2) is 4.98 Å². The molecule has 1 aliphatic rings. The van der Waals surface area contributed by atoms with Gasteiger partial charge in [0.15, 0.2) is 5.82 Å². The number of nitrogens with one attached hydrogen (secondary N) is 1. The van der Waals surface area contributed by atoms with Crippen LogP contribution in [0.2, 0.25) is 5.02 Å². The molecule has 26 heavy (non-hydrogen) atoms. The molecule has 9 heteroatoms. The summed E-state index contributed by atoms with van der Waals surface area (Å²) in [6, 6.07) is 11.3. The smallest absolute Gasteiger partial charge is 0.248 e. The lowest BCUT2D eigenvalue weighted by Gasteiger charge is -2.29. The van der Waals surface area contributed by atoms with Crippen LogP contribution in [-0.2, 0) is 4.74 Å². The van der Waals surface area contributed by atoms with Crippen molar-refractivity contribution in [2.24, 2.45) is 0 Å². The molecule has 2 aromatic heterocycles. The summed E-state index contributed by atoms with van der Waals surface area (Å²) < 4.78 is 6.85. The topological polar surface area (TPSA) is 94.1 Å². The molecule has 3 heterocycles. The van der Waals surface area contributed by atoms with Gasteiger partial charge in [0.2, 0.25) is 11.9 Å². The van der Waals surface area contributed by atoms with Crippen molar-refractivity contribution in [1.82, 2.24) is 19.7 Å². The SMILES string of the molecule is Nc1nc(Nc2ccc(N3CCOCC3)cc2Cl)nn1-c1ccccn1. The number of nitrogens with zero attached hydrogens (tertiary/aromatic N) is 5. The molecule has 0 radical (unpaired) electrons. The molecule has 134 valence electrons. The van der Waals surface area contributed by atoms with Gasteiger partial charge in [0.25, 0.3) is 0 Å². The quantitative estimate of drug-likeness (QED) is 0.727. The minimum Gasteiger partial charge on any atom is -0.378 e. The van der Waals surface area contributed by atoms with Gasteiger partial charge in [-0.2, -0.15) is 9.67 Å². The third-order valence-corrected chi connectivity index (χ3v) is 4.39. The van der Waals surface area contributed by atoms with Gasteiger partial charge in [0.1, 0.15) is 0 Å². The Bertz CT molecular complexity index is 893. The minimum absolute atomic E-state index is 0.243. The van der Waals surface area contributed by atoms with Crippen LogP contribution in [0.3, 0.4) is 0 Å². The first kappa shape index (κ1) is 16.6. The summed E-state index contributed by atoms with van der Waals surface area (Å²) in [6.45, 7) is 3.17. The maximum absolute atomic E-state index is 6.44. The lowest BCUT2D eigenvalue weighted by Crippen LogP contribution is -2.36. The fourth-order valence-electron chi connectivity index (χ4n) is 2.77. The van der Waals surface area contributed by atoms with Crippen LogP contribution in [0.1, 0.15) is 0 Å². The second-order valence-corrected chi connectivity index (χ2v) is 6.19. The van der Waals surface area contributed by atoms with E-state index in [1.807, 2.05) is 30.3 Å². The van der Waals surface area contributed by atoms with Crippen LogP contribution in [0.5, 0.6) is 0 Å². The Labute approximate surface area is 155 Å². The van der Waals surface area contributed by atoms with Crippen LogP contribution in [0.4, 0.5) is 23.3 Å². The molecule has 3 N–H and O–H groups in total. The zero-order valence-corrected chi connectivity index (χ0v) is 14.7. The predicted octanol–water partition coefficient (Wildman–Crippen LogP) is 2.48. The van der Waals surface area contributed by atoms with Crippen molar-refractivity contribution < 1.29 is 4.74 Å². The number of benzene rings is 1. The summed E-state index contributed by atoms with van der Waals surface area (Å²) in [5.41, 5.74) is 7.72. The summed E-state index contributed by atoms with van der Waals surface area (Å²) in [4.78, 5) is 10.7. The van der Waals surface area contributed by atoms with E-state index in [-0.39, 0.29) is 5.95 Å². The molecule has 0 unspecified atom stereocenters. The van der Waals surface area contributed by atoms with Gasteiger partial charge in [-0.15, -0.1) is 5.10 Å². The maximum atomic E-state index is 6.44. The third-order valence-electron chi connectivity index (χ3n) is 4.07. The van der Waals surface area contributed by atoms with E-state index in [0.717, 1.165) is 32.0 Å². The number of morpholine rings is 1. The monoisotopic (exact) mass is 371 g/mol. The van der Waals surface area contributed by atoms with E-state index in [9.17, 15) is 0 Å². The summed E-state index contributed by atoms with van der Waals surface area (Å²) >= 11 is 6.44. The molecule has 0 amide bonds. The van der Waals surface area contributed by atoms with E-state index in [1.165, 1.54) is 4.68 Å². The number of rotatable bonds is 4. The van der Waals surface area contributed by atoms with Gasteiger partial charge in [-0.05, 0) is 30.3 Å². The normalized spacial score (nSPS) is 14.4. The molecule has 0 spiro atoms. The Morgan fingerprint density at radius 3 is 2.73 bits per heavy atom. The fourth-order valence-corrected chi connectivity index (χ4v) is 2.99. The van der Waals surface area contributed by atoms with Crippen molar-refractivity contribution in [1.29, 1.82) is 0 Å². The molecule has 1 saturated heterocycles. The van der Waals surface area contributed by atoms with Gasteiger partial charge in [0, 0.05) is 25.0 Å². The van der Waals surface area contributed by atoms with E-state index in [4.69, 9.17) is 22.1 Å². The molecule has 1 aliphatic heterocycles. The van der Waals surface area contributed by atoms with E-state index in [0.29, 0.717) is 22.5 Å². The van der Waals surface area contributed by atoms with Crippen molar-refractivity contribution in [3.05, 3.63) is 47.6 Å². The molecule has 0 saturated carbocycles. The Morgan fingerprint density at radius 1 is 1.15 bits per heavy atom. The highest BCUT2D eigenvalue weighted by atomic mass is 35.5. The van der Waals surface area contributed by atoms with E-state index in [2.05, 4.69) is 25.3 Å². The molecule has 0 bridgehead atoms. The molecule has 1 fully saturated rings. The fraction of sp³-hybridized carbons (Fsp3) is 0.235. The lowest BCUT2D eigenvalue weighted by molar-refractivity contribution is 0.122. The van der Waals surface area contributed by atoms with Crippen LogP contribution in [0.15, 0.2) is 42.6 Å². The number of halogens is 1. The van der Waals surface area contributed by atoms with Gasteiger partial charge in [-0.3, -0.25) is 0 Å². The first-order valence-electron chi connectivity index (χ1n) is 8.24. The van der Waals surface area contributed by atoms with Crippen LogP contribution >= 0.6 is 11.6 Å². The molecular formula is C17H18ClN7O. The standard InChI is InChI=1S/C17H18ClN7O/c18-13-11-12(24-7-9-26-10-8-24)4-5-14(13)21-17-22-16(19)25(23-17)15-3-1-2-6-20-15/h1-6,11H,7-10H2,(H3,19,21,22,23). The van der Waals surface area contributed by atoms with Crippen molar-refractivity contribution in [3.63, 3.8) is 0 Å². The minimum atomic E-state index is 0.243. The van der Waals surface area contributed by atoms with Gasteiger partial charge in [-0.1, -0.05) is 17.7 Å². The van der Waals surface area contributed by atoms with E-state index >= 15 is 0 Å². The highest BCUT2D eigenvalue weighted by molar-refractivity contribution is 6.33. The van der Waals surface area contributed by atoms with Crippen LogP contribution in [0, 0.1) is 0 Å². The molecular weight excluding hydrogens is 354 g/mol. The van der Waals surface area contributed by atoms with E-state index < -0.39 is 0 Å². The summed E-state index contributed by atoms with van der Waals surface area (Å²) in [5.74, 6) is 1.20. The Hall–Kier alpha value is -2.84. The Morgan fingerprint density at radius 2 is 2.00 bits per heavy atom. The largest absolute Gasteiger partial charge is 0.378 e. The highest BCUT2D eigenvalue weighted by Gasteiger charge is 2.14. The van der Waals surface area contributed by atoms with Crippen molar-refractivity contribution in [2.45, 2.75) is 0 Å². The van der Waals surface area contributed by atoms with Gasteiger partial charge < -0.3 is 20.7 Å². The number of pyridine rings is 1.